The Morgan fingerprint density at radius 3 is 2.83 bits per heavy atom. The summed E-state index contributed by atoms with van der Waals surface area (Å²) in [5, 5.41) is 0. The molecule has 0 N–H and O–H groups in total. The van der Waals surface area contributed by atoms with Gasteiger partial charge >= 0.3 is 6.09 Å². The lowest BCUT2D eigenvalue weighted by Gasteiger charge is -2.51. The molecule has 5 nitrogen and oxygen atoms in total. The van der Waals surface area contributed by atoms with Gasteiger partial charge in [0, 0.05) is 18.3 Å². The van der Waals surface area contributed by atoms with E-state index in [9.17, 15) is 9.59 Å². The quantitative estimate of drug-likeness (QED) is 0.726. The van der Waals surface area contributed by atoms with Crippen molar-refractivity contribution in [3.8, 4) is 0 Å². The highest BCUT2D eigenvalue weighted by atomic mass is 16.6. The lowest BCUT2D eigenvalue weighted by atomic mass is 9.65. The molecule has 3 aliphatic rings. The molecule has 0 aliphatic carbocycles. The number of anilines is 2. The molecule has 3 heterocycles. The molecule has 5 heteroatoms. The number of piperidine rings is 1. The molecule has 0 aromatic heterocycles. The summed E-state index contributed by atoms with van der Waals surface area (Å²) in [6, 6.07) is 14.4. The number of imide groups is 1. The van der Waals surface area contributed by atoms with Crippen LogP contribution >= 0.6 is 0 Å². The van der Waals surface area contributed by atoms with Crippen molar-refractivity contribution in [2.45, 2.75) is 51.0 Å². The number of hydrogen-bond acceptors (Lipinski definition) is 4. The highest BCUT2D eigenvalue weighted by molar-refractivity contribution is 6.22. The van der Waals surface area contributed by atoms with Gasteiger partial charge < -0.3 is 9.64 Å². The Bertz CT molecular complexity index is 1000. The van der Waals surface area contributed by atoms with E-state index in [0.717, 1.165) is 36.9 Å². The lowest BCUT2D eigenvalue weighted by Crippen LogP contribution is -2.61. The summed E-state index contributed by atoms with van der Waals surface area (Å²) in [7, 11) is 0. The van der Waals surface area contributed by atoms with Gasteiger partial charge in [-0.15, -0.1) is 0 Å². The number of carbonyl (C=O) groups is 2. The van der Waals surface area contributed by atoms with Crippen molar-refractivity contribution in [3.63, 3.8) is 0 Å². The number of carbonyl (C=O) groups excluding carboxylic acids is 2. The van der Waals surface area contributed by atoms with Gasteiger partial charge in [0.2, 0.25) is 5.91 Å². The third-order valence-electron chi connectivity index (χ3n) is 6.75. The molecule has 0 radical (unpaired) electrons. The van der Waals surface area contributed by atoms with Crippen LogP contribution in [0.1, 0.15) is 42.9 Å². The van der Waals surface area contributed by atoms with Crippen molar-refractivity contribution < 1.29 is 14.3 Å². The second-order valence-corrected chi connectivity index (χ2v) is 8.34. The minimum Gasteiger partial charge on any atom is -0.449 e. The smallest absolute Gasteiger partial charge is 0.421 e. The molecule has 2 atom stereocenters. The first kappa shape index (κ1) is 18.2. The molecule has 5 rings (SSSR count). The molecule has 150 valence electrons. The van der Waals surface area contributed by atoms with Crippen LogP contribution in [0.15, 0.2) is 42.5 Å². The van der Waals surface area contributed by atoms with Gasteiger partial charge in [0.1, 0.15) is 5.41 Å². The Morgan fingerprint density at radius 2 is 2.00 bits per heavy atom. The van der Waals surface area contributed by atoms with Crippen molar-refractivity contribution in [1.82, 2.24) is 0 Å². The van der Waals surface area contributed by atoms with Crippen LogP contribution in [0.5, 0.6) is 0 Å². The zero-order valence-electron chi connectivity index (χ0n) is 17.0. The van der Waals surface area contributed by atoms with E-state index in [1.54, 1.807) is 6.92 Å². The van der Waals surface area contributed by atoms with E-state index in [2.05, 4.69) is 29.2 Å². The minimum absolute atomic E-state index is 0.0543. The number of amides is 2. The Kier molecular flexibility index (Phi) is 4.16. The van der Waals surface area contributed by atoms with E-state index in [1.165, 1.54) is 16.2 Å². The summed E-state index contributed by atoms with van der Waals surface area (Å²) >= 11 is 0. The average molecular weight is 390 g/mol. The maximum absolute atomic E-state index is 14.0. The predicted octanol–water partition coefficient (Wildman–Crippen LogP) is 4.35. The number of para-hydroxylation sites is 1. The zero-order valence-corrected chi connectivity index (χ0v) is 17.0. The summed E-state index contributed by atoms with van der Waals surface area (Å²) in [6.07, 6.45) is 3.22. The van der Waals surface area contributed by atoms with E-state index >= 15 is 0 Å². The second kappa shape index (κ2) is 6.61. The van der Waals surface area contributed by atoms with Gasteiger partial charge in [-0.2, -0.15) is 0 Å². The molecule has 2 amide bonds. The minimum atomic E-state index is -0.747. The molecule has 1 fully saturated rings. The number of nitrogens with zero attached hydrogens (tertiary/aromatic N) is 2. The zero-order chi connectivity index (χ0) is 20.2. The standard InChI is InChI=1S/C24H26N2O3/c1-3-29-23(28)26-20-12-11-16(2)14-18(20)24(22(26)27)15-17-8-4-5-9-19(17)25-13-7-6-10-21(24)25/h4-5,8-9,11-12,14,21H,3,6-7,10,13,15H2,1-2H3/t21-,24-/m1/s1. The van der Waals surface area contributed by atoms with Crippen molar-refractivity contribution >= 4 is 23.4 Å². The van der Waals surface area contributed by atoms with Gasteiger partial charge in [0.05, 0.1) is 12.3 Å². The largest absolute Gasteiger partial charge is 0.449 e. The van der Waals surface area contributed by atoms with E-state index in [4.69, 9.17) is 4.74 Å². The van der Waals surface area contributed by atoms with Crippen LogP contribution in [-0.2, 0) is 21.4 Å². The first-order valence-corrected chi connectivity index (χ1v) is 10.5. The number of rotatable bonds is 1. The molecule has 2 aromatic carbocycles. The van der Waals surface area contributed by atoms with Crippen LogP contribution in [-0.4, -0.2) is 31.2 Å². The number of benzene rings is 2. The van der Waals surface area contributed by atoms with E-state index in [-0.39, 0.29) is 18.6 Å². The van der Waals surface area contributed by atoms with Gasteiger partial charge in [-0.05, 0) is 62.8 Å². The highest BCUT2D eigenvalue weighted by Gasteiger charge is 2.61. The fourth-order valence-electron chi connectivity index (χ4n) is 5.58. The van der Waals surface area contributed by atoms with Crippen molar-refractivity contribution in [3.05, 3.63) is 59.2 Å². The third kappa shape index (κ3) is 2.46. The van der Waals surface area contributed by atoms with Crippen molar-refractivity contribution in [1.29, 1.82) is 0 Å². The highest BCUT2D eigenvalue weighted by Crippen LogP contribution is 2.54. The summed E-state index contributed by atoms with van der Waals surface area (Å²) in [5.41, 5.74) is 4.42. The molecule has 2 aromatic rings. The molecule has 0 saturated carbocycles. The molecule has 29 heavy (non-hydrogen) atoms. The molecule has 0 bridgehead atoms. The van der Waals surface area contributed by atoms with Crippen LogP contribution < -0.4 is 9.80 Å². The fraction of sp³-hybridized carbons (Fsp3) is 0.417. The SMILES string of the molecule is CCOC(=O)N1C(=O)[C@]2(Cc3ccccc3N3CCCC[C@@H]32)c2cc(C)ccc21. The maximum atomic E-state index is 14.0. The summed E-state index contributed by atoms with van der Waals surface area (Å²) in [5.74, 6) is -0.136. The van der Waals surface area contributed by atoms with Crippen molar-refractivity contribution in [2.24, 2.45) is 0 Å². The third-order valence-corrected chi connectivity index (χ3v) is 6.75. The Labute approximate surface area is 171 Å². The number of aryl methyl sites for hydroxylation is 1. The Morgan fingerprint density at radius 1 is 1.17 bits per heavy atom. The average Bonchev–Trinajstić information content (AvgIpc) is 2.97. The first-order valence-electron chi connectivity index (χ1n) is 10.5. The Balaban J connectivity index is 1.74. The van der Waals surface area contributed by atoms with Gasteiger partial charge in [0.25, 0.3) is 0 Å². The van der Waals surface area contributed by atoms with Crippen LogP contribution in [0.2, 0.25) is 0 Å². The van der Waals surface area contributed by atoms with Gasteiger partial charge in [-0.25, -0.2) is 9.69 Å². The number of hydrogen-bond donors (Lipinski definition) is 0. The number of ether oxygens (including phenoxy) is 1. The van der Waals surface area contributed by atoms with Crippen LogP contribution in [0.4, 0.5) is 16.2 Å². The van der Waals surface area contributed by atoms with Crippen LogP contribution in [0.3, 0.4) is 0 Å². The second-order valence-electron chi connectivity index (χ2n) is 8.34. The first-order chi connectivity index (χ1) is 14.1. The van der Waals surface area contributed by atoms with Gasteiger partial charge in [-0.3, -0.25) is 4.79 Å². The van der Waals surface area contributed by atoms with E-state index in [1.807, 2.05) is 25.1 Å². The maximum Gasteiger partial charge on any atom is 0.421 e. The van der Waals surface area contributed by atoms with Gasteiger partial charge in [0.15, 0.2) is 0 Å². The molecule has 1 saturated heterocycles. The number of fused-ring (bicyclic) bond motifs is 6. The molecule has 1 spiro atoms. The lowest BCUT2D eigenvalue weighted by molar-refractivity contribution is -0.124. The molecule has 0 unspecified atom stereocenters. The predicted molar refractivity (Wildman–Crippen MR) is 112 cm³/mol. The van der Waals surface area contributed by atoms with E-state index < -0.39 is 11.5 Å². The summed E-state index contributed by atoms with van der Waals surface area (Å²) < 4.78 is 5.28. The van der Waals surface area contributed by atoms with E-state index in [0.29, 0.717) is 12.1 Å². The molecular formula is C24H26N2O3. The van der Waals surface area contributed by atoms with Crippen LogP contribution in [0.25, 0.3) is 0 Å². The molecule has 3 aliphatic heterocycles. The van der Waals surface area contributed by atoms with Crippen LogP contribution in [0, 0.1) is 6.92 Å². The normalized spacial score (nSPS) is 24.9. The monoisotopic (exact) mass is 390 g/mol. The topological polar surface area (TPSA) is 49.9 Å². The summed E-state index contributed by atoms with van der Waals surface area (Å²) in [4.78, 5) is 30.5. The fourth-order valence-corrected chi connectivity index (χ4v) is 5.58. The Hall–Kier alpha value is -2.82. The summed E-state index contributed by atoms with van der Waals surface area (Å²) in [6.45, 7) is 5.00. The van der Waals surface area contributed by atoms with Gasteiger partial charge in [-0.1, -0.05) is 35.9 Å². The van der Waals surface area contributed by atoms with Crippen molar-refractivity contribution in [2.75, 3.05) is 23.0 Å². The molecular weight excluding hydrogens is 364 g/mol.